The van der Waals surface area contributed by atoms with Crippen LogP contribution in [0, 0.1) is 12.3 Å². The normalized spacial score (nSPS) is 15.9. The molecule has 1 N–H and O–H groups in total. The molecule has 0 aromatic heterocycles. The molecule has 0 atom stereocenters. The molecular weight excluding hydrogens is 356 g/mol. The first-order valence-electron chi connectivity index (χ1n) is 8.19. The molecule has 1 aliphatic heterocycles. The molecule has 0 spiro atoms. The fourth-order valence-electron chi connectivity index (χ4n) is 2.77. The monoisotopic (exact) mass is 380 g/mol. The highest BCUT2D eigenvalue weighted by Gasteiger charge is 2.39. The number of hydrogen-bond donors (Lipinski definition) is 1. The van der Waals surface area contributed by atoms with Crippen LogP contribution >= 0.6 is 15.9 Å². The van der Waals surface area contributed by atoms with E-state index in [1.165, 1.54) is 0 Å². The summed E-state index contributed by atoms with van der Waals surface area (Å²) < 4.78 is 0.823. The molecule has 1 fully saturated rings. The maximum atomic E-state index is 12.8. The fraction of sp³-hybridized carbons (Fsp3) is 0.556. The smallest absolute Gasteiger partial charge is 0.239 e. The van der Waals surface area contributed by atoms with Gasteiger partial charge in [0, 0.05) is 17.6 Å². The highest BCUT2D eigenvalue weighted by molar-refractivity contribution is 9.10. The van der Waals surface area contributed by atoms with Crippen molar-refractivity contribution in [3.63, 3.8) is 0 Å². The van der Waals surface area contributed by atoms with Gasteiger partial charge in [0.25, 0.3) is 0 Å². The molecule has 126 valence electrons. The fourth-order valence-corrected chi connectivity index (χ4v) is 3.36. The van der Waals surface area contributed by atoms with E-state index >= 15 is 0 Å². The number of rotatable bonds is 3. The zero-order valence-electron chi connectivity index (χ0n) is 14.1. The Morgan fingerprint density at radius 3 is 2.30 bits per heavy atom. The number of anilines is 1. The van der Waals surface area contributed by atoms with Crippen LogP contribution in [0.4, 0.5) is 5.69 Å². The molecular formula is C18H25BrN2O2. The van der Waals surface area contributed by atoms with Gasteiger partial charge in [-0.05, 0) is 67.2 Å². The lowest BCUT2D eigenvalue weighted by atomic mass is 9.90. The average Bonchev–Trinajstić information content (AvgIpc) is 2.78. The molecule has 0 aliphatic carbocycles. The first-order chi connectivity index (χ1) is 10.8. The van der Waals surface area contributed by atoms with E-state index in [0.29, 0.717) is 5.69 Å². The topological polar surface area (TPSA) is 49.4 Å². The van der Waals surface area contributed by atoms with Crippen molar-refractivity contribution in [2.75, 3.05) is 18.4 Å². The van der Waals surface area contributed by atoms with Crippen LogP contribution in [0.25, 0.3) is 0 Å². The maximum Gasteiger partial charge on any atom is 0.239 e. The van der Waals surface area contributed by atoms with E-state index in [1.807, 2.05) is 30.0 Å². The van der Waals surface area contributed by atoms with Crippen LogP contribution in [0.5, 0.6) is 0 Å². The standard InChI is InChI=1S/C18H25BrN2O2/c1-13-8-9-15(14(19)12-13)20-16(22)18(2,3)17(23)21-10-6-4-5-7-11-21/h8-9,12H,4-7,10-11H2,1-3H3,(H,20,22). The van der Waals surface area contributed by atoms with E-state index in [-0.39, 0.29) is 11.8 Å². The third-order valence-electron chi connectivity index (χ3n) is 4.37. The second-order valence-electron chi connectivity index (χ2n) is 6.77. The molecule has 0 saturated carbocycles. The summed E-state index contributed by atoms with van der Waals surface area (Å²) in [6.07, 6.45) is 4.36. The number of likely N-dealkylation sites (tertiary alicyclic amines) is 1. The predicted octanol–water partition coefficient (Wildman–Crippen LogP) is 4.12. The lowest BCUT2D eigenvalue weighted by Gasteiger charge is -2.30. The van der Waals surface area contributed by atoms with Gasteiger partial charge >= 0.3 is 0 Å². The second kappa shape index (κ2) is 7.47. The van der Waals surface area contributed by atoms with Gasteiger partial charge in [0.1, 0.15) is 5.41 Å². The van der Waals surface area contributed by atoms with Crippen molar-refractivity contribution in [3.8, 4) is 0 Å². The van der Waals surface area contributed by atoms with Gasteiger partial charge in [0.2, 0.25) is 11.8 Å². The third-order valence-corrected chi connectivity index (χ3v) is 5.02. The van der Waals surface area contributed by atoms with Gasteiger partial charge in [-0.1, -0.05) is 18.9 Å². The van der Waals surface area contributed by atoms with Crippen LogP contribution in [0.3, 0.4) is 0 Å². The third kappa shape index (κ3) is 4.34. The predicted molar refractivity (Wildman–Crippen MR) is 96.3 cm³/mol. The molecule has 2 rings (SSSR count). The van der Waals surface area contributed by atoms with Gasteiger partial charge in [-0.25, -0.2) is 0 Å². The largest absolute Gasteiger partial charge is 0.342 e. The Labute approximate surface area is 146 Å². The molecule has 1 saturated heterocycles. The Hall–Kier alpha value is -1.36. The quantitative estimate of drug-likeness (QED) is 0.801. The summed E-state index contributed by atoms with van der Waals surface area (Å²) in [6.45, 7) is 6.91. The van der Waals surface area contributed by atoms with Crippen molar-refractivity contribution in [1.29, 1.82) is 0 Å². The van der Waals surface area contributed by atoms with Gasteiger partial charge in [0.15, 0.2) is 0 Å². The summed E-state index contributed by atoms with van der Waals surface area (Å²) >= 11 is 3.46. The van der Waals surface area contributed by atoms with Crippen molar-refractivity contribution in [2.45, 2.75) is 46.5 Å². The first kappa shape index (κ1) is 18.0. The lowest BCUT2D eigenvalue weighted by molar-refractivity contribution is -0.146. The van der Waals surface area contributed by atoms with E-state index in [4.69, 9.17) is 0 Å². The number of halogens is 1. The summed E-state index contributed by atoms with van der Waals surface area (Å²) in [5.41, 5.74) is 0.724. The molecule has 1 heterocycles. The van der Waals surface area contributed by atoms with E-state index < -0.39 is 5.41 Å². The summed E-state index contributed by atoms with van der Waals surface area (Å²) in [5, 5.41) is 2.88. The van der Waals surface area contributed by atoms with E-state index in [0.717, 1.165) is 48.8 Å². The summed E-state index contributed by atoms with van der Waals surface area (Å²) in [5.74, 6) is -0.351. The number of benzene rings is 1. The van der Waals surface area contributed by atoms with Crippen molar-refractivity contribution >= 4 is 33.4 Å². The minimum atomic E-state index is -1.07. The number of hydrogen-bond acceptors (Lipinski definition) is 2. The Bertz CT molecular complexity index is 591. The van der Waals surface area contributed by atoms with Crippen molar-refractivity contribution in [3.05, 3.63) is 28.2 Å². The molecule has 0 radical (unpaired) electrons. The molecule has 4 nitrogen and oxygen atoms in total. The van der Waals surface area contributed by atoms with E-state index in [1.54, 1.807) is 13.8 Å². The van der Waals surface area contributed by atoms with Crippen molar-refractivity contribution in [2.24, 2.45) is 5.41 Å². The van der Waals surface area contributed by atoms with Crippen molar-refractivity contribution in [1.82, 2.24) is 4.90 Å². The number of nitrogens with zero attached hydrogens (tertiary/aromatic N) is 1. The Morgan fingerprint density at radius 1 is 1.13 bits per heavy atom. The summed E-state index contributed by atoms with van der Waals surface area (Å²) in [4.78, 5) is 27.3. The average molecular weight is 381 g/mol. The summed E-state index contributed by atoms with van der Waals surface area (Å²) in [6, 6.07) is 5.73. The number of aryl methyl sites for hydroxylation is 1. The molecule has 1 aromatic carbocycles. The van der Waals surface area contributed by atoms with Crippen molar-refractivity contribution < 1.29 is 9.59 Å². The van der Waals surface area contributed by atoms with E-state index in [2.05, 4.69) is 21.2 Å². The van der Waals surface area contributed by atoms with Gasteiger partial charge in [-0.15, -0.1) is 0 Å². The molecule has 0 bridgehead atoms. The molecule has 0 unspecified atom stereocenters. The summed E-state index contributed by atoms with van der Waals surface area (Å²) in [7, 11) is 0. The SMILES string of the molecule is Cc1ccc(NC(=O)C(C)(C)C(=O)N2CCCCCC2)c(Br)c1. The zero-order chi connectivity index (χ0) is 17.0. The van der Waals surface area contributed by atoms with Gasteiger partial charge in [0.05, 0.1) is 5.69 Å². The molecule has 1 aromatic rings. The van der Waals surface area contributed by atoms with E-state index in [9.17, 15) is 9.59 Å². The Balaban J connectivity index is 2.10. The van der Waals surface area contributed by atoms with Crippen LogP contribution in [-0.4, -0.2) is 29.8 Å². The van der Waals surface area contributed by atoms with Crippen LogP contribution in [0.1, 0.15) is 45.1 Å². The van der Waals surface area contributed by atoms with Gasteiger partial charge in [-0.3, -0.25) is 9.59 Å². The van der Waals surface area contributed by atoms with Crippen LogP contribution in [0.15, 0.2) is 22.7 Å². The minimum absolute atomic E-state index is 0.0832. The lowest BCUT2D eigenvalue weighted by Crippen LogP contribution is -2.47. The number of carbonyl (C=O) groups is 2. The van der Waals surface area contributed by atoms with Crippen LogP contribution in [-0.2, 0) is 9.59 Å². The van der Waals surface area contributed by atoms with Gasteiger partial charge in [-0.2, -0.15) is 0 Å². The Morgan fingerprint density at radius 2 is 1.74 bits per heavy atom. The van der Waals surface area contributed by atoms with Gasteiger partial charge < -0.3 is 10.2 Å². The Kier molecular flexibility index (Phi) is 5.84. The highest BCUT2D eigenvalue weighted by atomic mass is 79.9. The highest BCUT2D eigenvalue weighted by Crippen LogP contribution is 2.28. The molecule has 23 heavy (non-hydrogen) atoms. The number of carbonyl (C=O) groups excluding carboxylic acids is 2. The zero-order valence-corrected chi connectivity index (χ0v) is 15.7. The number of amides is 2. The maximum absolute atomic E-state index is 12.8. The first-order valence-corrected chi connectivity index (χ1v) is 8.98. The molecule has 2 amide bonds. The minimum Gasteiger partial charge on any atom is -0.342 e. The molecule has 1 aliphatic rings. The molecule has 5 heteroatoms. The number of nitrogens with one attached hydrogen (secondary N) is 1. The van der Waals surface area contributed by atoms with Crippen LogP contribution in [0.2, 0.25) is 0 Å². The van der Waals surface area contributed by atoms with Crippen LogP contribution < -0.4 is 5.32 Å². The second-order valence-corrected chi connectivity index (χ2v) is 7.62.